The topological polar surface area (TPSA) is 109 Å². The van der Waals surface area contributed by atoms with E-state index in [9.17, 15) is 14.4 Å². The van der Waals surface area contributed by atoms with Crippen LogP contribution < -0.4 is 10.2 Å². The monoisotopic (exact) mass is 475 g/mol. The first-order valence-electron chi connectivity index (χ1n) is 12.5. The van der Waals surface area contributed by atoms with Gasteiger partial charge < -0.3 is 10.2 Å². The molecule has 2 aromatic rings. The lowest BCUT2D eigenvalue weighted by Gasteiger charge is -2.34. The number of aryl methyl sites for hydroxylation is 1. The van der Waals surface area contributed by atoms with Crippen molar-refractivity contribution in [2.75, 3.05) is 24.5 Å². The van der Waals surface area contributed by atoms with Crippen molar-refractivity contribution in [2.45, 2.75) is 39.2 Å². The molecule has 4 aliphatic rings. The molecular weight excluding hydrogens is 446 g/mol. The lowest BCUT2D eigenvalue weighted by Crippen LogP contribution is -2.44. The Morgan fingerprint density at radius 1 is 1.17 bits per heavy atom. The smallest absolute Gasteiger partial charge is 0.264 e. The molecule has 182 valence electrons. The van der Waals surface area contributed by atoms with E-state index in [0.29, 0.717) is 52.5 Å². The van der Waals surface area contributed by atoms with Crippen molar-refractivity contribution >= 4 is 23.4 Å². The summed E-state index contributed by atoms with van der Waals surface area (Å²) in [6, 6.07) is 5.36. The largest absolute Gasteiger partial charge is 0.370 e. The van der Waals surface area contributed by atoms with Crippen LogP contribution in [0.5, 0.6) is 0 Å². The van der Waals surface area contributed by atoms with Gasteiger partial charge in [-0.3, -0.25) is 19.3 Å². The SMILES string of the molecule is Cc1nonc1CN1C(=O)c2cccc(N3CCCC(C(=O)NC[C@@H]4C[C@H]5C=C[C@@H]4C5)C3)c2C1=O. The molecule has 3 heterocycles. The van der Waals surface area contributed by atoms with Crippen LogP contribution in [0.3, 0.4) is 0 Å². The number of allylic oxidation sites excluding steroid dienone is 2. The number of aromatic nitrogens is 2. The first kappa shape index (κ1) is 22.0. The standard InChI is InChI=1S/C26H29N5O4/c1-15-21(29-35-28-15)14-31-25(33)20-5-2-6-22(23(20)26(31)34)30-9-3-4-18(13-30)24(32)27-12-19-11-16-7-8-17(19)10-16/h2,5-8,16-19H,3-4,9-14H2,1H3,(H,27,32)/t16-,17+,18?,19-/m0/s1. The van der Waals surface area contributed by atoms with Gasteiger partial charge in [-0.1, -0.05) is 28.5 Å². The van der Waals surface area contributed by atoms with Crippen LogP contribution in [0.4, 0.5) is 5.69 Å². The summed E-state index contributed by atoms with van der Waals surface area (Å²) < 4.78 is 4.72. The minimum Gasteiger partial charge on any atom is -0.370 e. The number of piperidine rings is 1. The van der Waals surface area contributed by atoms with E-state index in [4.69, 9.17) is 4.63 Å². The summed E-state index contributed by atoms with van der Waals surface area (Å²) in [5, 5.41) is 10.8. The van der Waals surface area contributed by atoms with Crippen molar-refractivity contribution in [3.8, 4) is 0 Å². The predicted octanol–water partition coefficient (Wildman–Crippen LogP) is 2.72. The lowest BCUT2D eigenvalue weighted by atomic mass is 9.92. The average Bonchev–Trinajstić information content (AvgIpc) is 3.65. The second-order valence-electron chi connectivity index (χ2n) is 10.3. The summed E-state index contributed by atoms with van der Waals surface area (Å²) in [5.74, 6) is 1.10. The van der Waals surface area contributed by atoms with Gasteiger partial charge in [0, 0.05) is 19.6 Å². The van der Waals surface area contributed by atoms with Gasteiger partial charge in [0.2, 0.25) is 5.91 Å². The van der Waals surface area contributed by atoms with E-state index in [1.54, 1.807) is 19.1 Å². The molecule has 4 atom stereocenters. The minimum atomic E-state index is -0.348. The number of hydrogen-bond donors (Lipinski definition) is 1. The van der Waals surface area contributed by atoms with Crippen LogP contribution in [0.25, 0.3) is 0 Å². The Bertz CT molecular complexity index is 1220. The third-order valence-corrected chi connectivity index (χ3v) is 8.12. The van der Waals surface area contributed by atoms with Crippen molar-refractivity contribution in [2.24, 2.45) is 23.7 Å². The van der Waals surface area contributed by atoms with E-state index in [1.807, 2.05) is 6.07 Å². The molecule has 1 saturated heterocycles. The van der Waals surface area contributed by atoms with Crippen LogP contribution in [0.1, 0.15) is 57.8 Å². The highest BCUT2D eigenvalue weighted by molar-refractivity contribution is 6.23. The maximum atomic E-state index is 13.4. The first-order valence-corrected chi connectivity index (χ1v) is 12.5. The molecule has 1 N–H and O–H groups in total. The van der Waals surface area contributed by atoms with Gasteiger partial charge in [-0.2, -0.15) is 0 Å². The number of carbonyl (C=O) groups excluding carboxylic acids is 3. The number of fused-ring (bicyclic) bond motifs is 3. The Morgan fingerprint density at radius 2 is 2.06 bits per heavy atom. The molecule has 2 aliphatic carbocycles. The van der Waals surface area contributed by atoms with Gasteiger partial charge >= 0.3 is 0 Å². The van der Waals surface area contributed by atoms with E-state index in [2.05, 4.69) is 32.7 Å². The predicted molar refractivity (Wildman–Crippen MR) is 126 cm³/mol. The fourth-order valence-electron chi connectivity index (χ4n) is 6.18. The van der Waals surface area contributed by atoms with Crippen LogP contribution in [-0.2, 0) is 11.3 Å². The molecule has 1 saturated carbocycles. The van der Waals surface area contributed by atoms with Crippen LogP contribution in [0.2, 0.25) is 0 Å². The average molecular weight is 476 g/mol. The zero-order chi connectivity index (χ0) is 24.1. The number of rotatable bonds is 6. The minimum absolute atomic E-state index is 0.0182. The normalized spacial score (nSPS) is 27.1. The molecule has 2 bridgehead atoms. The van der Waals surface area contributed by atoms with E-state index in [-0.39, 0.29) is 30.2 Å². The van der Waals surface area contributed by atoms with Gasteiger partial charge in [0.1, 0.15) is 11.4 Å². The van der Waals surface area contributed by atoms with Crippen molar-refractivity contribution < 1.29 is 19.0 Å². The van der Waals surface area contributed by atoms with E-state index in [1.165, 1.54) is 17.7 Å². The number of nitrogens with one attached hydrogen (secondary N) is 1. The highest BCUT2D eigenvalue weighted by Gasteiger charge is 2.40. The van der Waals surface area contributed by atoms with E-state index >= 15 is 0 Å². The highest BCUT2D eigenvalue weighted by atomic mass is 16.6. The summed E-state index contributed by atoms with van der Waals surface area (Å²) in [5.41, 5.74) is 2.52. The summed E-state index contributed by atoms with van der Waals surface area (Å²) >= 11 is 0. The number of carbonyl (C=O) groups is 3. The number of hydrogen-bond acceptors (Lipinski definition) is 7. The maximum Gasteiger partial charge on any atom is 0.264 e. The fraction of sp³-hybridized carbons (Fsp3) is 0.500. The number of anilines is 1. The second kappa shape index (κ2) is 8.62. The first-order chi connectivity index (χ1) is 17.0. The Balaban J connectivity index is 1.16. The zero-order valence-corrected chi connectivity index (χ0v) is 19.8. The maximum absolute atomic E-state index is 13.4. The van der Waals surface area contributed by atoms with E-state index in [0.717, 1.165) is 25.9 Å². The van der Waals surface area contributed by atoms with Gasteiger partial charge in [-0.05, 0) is 62.5 Å². The van der Waals surface area contributed by atoms with Crippen molar-refractivity contribution in [1.82, 2.24) is 20.5 Å². The Labute approximate surface area is 203 Å². The zero-order valence-electron chi connectivity index (χ0n) is 19.8. The fourth-order valence-corrected chi connectivity index (χ4v) is 6.18. The number of imide groups is 1. The van der Waals surface area contributed by atoms with Crippen LogP contribution >= 0.6 is 0 Å². The molecule has 1 aromatic heterocycles. The molecule has 35 heavy (non-hydrogen) atoms. The van der Waals surface area contributed by atoms with Crippen molar-refractivity contribution in [3.05, 3.63) is 52.9 Å². The molecule has 1 unspecified atom stereocenters. The number of amides is 3. The van der Waals surface area contributed by atoms with Crippen molar-refractivity contribution in [3.63, 3.8) is 0 Å². The van der Waals surface area contributed by atoms with Crippen molar-refractivity contribution in [1.29, 1.82) is 0 Å². The highest BCUT2D eigenvalue weighted by Crippen LogP contribution is 2.43. The molecule has 6 rings (SSSR count). The molecule has 0 radical (unpaired) electrons. The number of nitrogens with zero attached hydrogens (tertiary/aromatic N) is 4. The van der Waals surface area contributed by atoms with Gasteiger partial charge in [-0.15, -0.1) is 0 Å². The van der Waals surface area contributed by atoms with Gasteiger partial charge in [0.25, 0.3) is 11.8 Å². The molecule has 1 aromatic carbocycles. The van der Waals surface area contributed by atoms with E-state index < -0.39 is 0 Å². The third kappa shape index (κ3) is 3.83. The molecule has 2 aliphatic heterocycles. The van der Waals surface area contributed by atoms with Gasteiger partial charge in [0.15, 0.2) is 0 Å². The summed E-state index contributed by atoms with van der Waals surface area (Å²) in [6.07, 6.45) is 8.71. The summed E-state index contributed by atoms with van der Waals surface area (Å²) in [7, 11) is 0. The van der Waals surface area contributed by atoms with Crippen LogP contribution in [0, 0.1) is 30.6 Å². The van der Waals surface area contributed by atoms with Gasteiger partial charge in [0.05, 0.1) is 29.3 Å². The van der Waals surface area contributed by atoms with Crippen LogP contribution in [-0.4, -0.2) is 52.6 Å². The summed E-state index contributed by atoms with van der Waals surface area (Å²) in [6.45, 7) is 3.75. The quantitative estimate of drug-likeness (QED) is 0.505. The third-order valence-electron chi connectivity index (χ3n) is 8.12. The molecule has 3 amide bonds. The summed E-state index contributed by atoms with van der Waals surface area (Å²) in [4.78, 5) is 42.7. The Morgan fingerprint density at radius 3 is 2.80 bits per heavy atom. The van der Waals surface area contributed by atoms with Crippen LogP contribution in [0.15, 0.2) is 35.0 Å². The lowest BCUT2D eigenvalue weighted by molar-refractivity contribution is -0.125. The molecular formula is C26H29N5O4. The Hall–Kier alpha value is -3.49. The second-order valence-corrected chi connectivity index (χ2v) is 10.3. The van der Waals surface area contributed by atoms with Gasteiger partial charge in [-0.25, -0.2) is 4.63 Å². The Kier molecular flexibility index (Phi) is 5.42. The number of benzene rings is 1. The molecule has 9 heteroatoms. The molecule has 2 fully saturated rings. The molecule has 9 nitrogen and oxygen atoms in total. The molecule has 0 spiro atoms.